The molecule has 1 N–H and O–H groups in total. The Morgan fingerprint density at radius 2 is 2.07 bits per heavy atom. The van der Waals surface area contributed by atoms with Gasteiger partial charge >= 0.3 is 0 Å². The molecule has 1 aromatic rings. The molecule has 0 unspecified atom stereocenters. The molecular formula is C11H16N2O. The summed E-state index contributed by atoms with van der Waals surface area (Å²) in [7, 11) is 0. The molecule has 3 nitrogen and oxygen atoms in total. The minimum atomic E-state index is -0.0400. The van der Waals surface area contributed by atoms with Gasteiger partial charge < -0.3 is 4.98 Å². The number of hydrogen-bond acceptors (Lipinski definition) is 2. The van der Waals surface area contributed by atoms with Gasteiger partial charge in [0.05, 0.1) is 12.0 Å². The van der Waals surface area contributed by atoms with E-state index in [-0.39, 0.29) is 11.0 Å². The van der Waals surface area contributed by atoms with Crippen molar-refractivity contribution in [1.82, 2.24) is 9.97 Å². The van der Waals surface area contributed by atoms with Crippen LogP contribution < -0.4 is 5.56 Å². The summed E-state index contributed by atoms with van der Waals surface area (Å²) in [5.41, 5.74) is 1.05. The Bertz CT molecular complexity index is 364. The van der Waals surface area contributed by atoms with Crippen LogP contribution in [0.15, 0.2) is 17.2 Å². The molecule has 0 amide bonds. The maximum absolute atomic E-state index is 11.2. The molecular weight excluding hydrogens is 176 g/mol. The van der Waals surface area contributed by atoms with Gasteiger partial charge in [-0.25, -0.2) is 4.98 Å². The highest BCUT2D eigenvalue weighted by molar-refractivity contribution is 5.14. The lowest BCUT2D eigenvalue weighted by Gasteiger charge is -2.32. The number of H-pyrrole nitrogens is 1. The van der Waals surface area contributed by atoms with Crippen molar-refractivity contribution in [3.05, 3.63) is 28.4 Å². The fourth-order valence-electron chi connectivity index (χ4n) is 2.29. The van der Waals surface area contributed by atoms with Gasteiger partial charge in [-0.2, -0.15) is 0 Å². The van der Waals surface area contributed by atoms with E-state index in [9.17, 15) is 4.79 Å². The van der Waals surface area contributed by atoms with Gasteiger partial charge in [0, 0.05) is 11.5 Å². The third kappa shape index (κ3) is 1.72. The van der Waals surface area contributed by atoms with Crippen LogP contribution in [0.4, 0.5) is 0 Å². The molecule has 2 rings (SSSR count). The summed E-state index contributed by atoms with van der Waals surface area (Å²) in [6.45, 7) is 2.22. The zero-order valence-electron chi connectivity index (χ0n) is 8.55. The quantitative estimate of drug-likeness (QED) is 0.739. The lowest BCUT2D eigenvalue weighted by atomic mass is 9.73. The van der Waals surface area contributed by atoms with Crippen molar-refractivity contribution in [1.29, 1.82) is 0 Å². The second kappa shape index (κ2) is 3.56. The van der Waals surface area contributed by atoms with Crippen molar-refractivity contribution < 1.29 is 0 Å². The highest BCUT2D eigenvalue weighted by Crippen LogP contribution is 2.37. The van der Waals surface area contributed by atoms with Gasteiger partial charge in [-0.15, -0.1) is 0 Å². The van der Waals surface area contributed by atoms with E-state index >= 15 is 0 Å². The molecule has 0 aromatic carbocycles. The summed E-state index contributed by atoms with van der Waals surface area (Å²) in [5.74, 6) is 0. The first-order valence-corrected chi connectivity index (χ1v) is 5.26. The molecule has 14 heavy (non-hydrogen) atoms. The molecule has 1 heterocycles. The van der Waals surface area contributed by atoms with Crippen LogP contribution in [0.25, 0.3) is 0 Å². The molecule has 0 bridgehead atoms. The third-order valence-electron chi connectivity index (χ3n) is 3.25. The molecule has 0 saturated heterocycles. The highest BCUT2D eigenvalue weighted by atomic mass is 16.1. The van der Waals surface area contributed by atoms with Crippen molar-refractivity contribution in [3.8, 4) is 0 Å². The minimum Gasteiger partial charge on any atom is -0.313 e. The fourth-order valence-corrected chi connectivity index (χ4v) is 2.29. The molecule has 1 aromatic heterocycles. The summed E-state index contributed by atoms with van der Waals surface area (Å²) >= 11 is 0. The minimum absolute atomic E-state index is 0.0400. The molecule has 1 saturated carbocycles. The van der Waals surface area contributed by atoms with Crippen molar-refractivity contribution in [3.63, 3.8) is 0 Å². The van der Waals surface area contributed by atoms with Crippen LogP contribution in [0.3, 0.4) is 0 Å². The van der Waals surface area contributed by atoms with Gasteiger partial charge in [-0.05, 0) is 12.8 Å². The average molecular weight is 192 g/mol. The van der Waals surface area contributed by atoms with Crippen LogP contribution in [0.5, 0.6) is 0 Å². The van der Waals surface area contributed by atoms with Gasteiger partial charge in [-0.3, -0.25) is 4.79 Å². The van der Waals surface area contributed by atoms with E-state index in [1.165, 1.54) is 25.6 Å². The van der Waals surface area contributed by atoms with E-state index in [4.69, 9.17) is 0 Å². The number of aromatic amines is 1. The predicted molar refractivity (Wildman–Crippen MR) is 55.3 cm³/mol. The second-order valence-corrected chi connectivity index (χ2v) is 4.42. The molecule has 0 aliphatic heterocycles. The van der Waals surface area contributed by atoms with Gasteiger partial charge in [0.1, 0.15) is 0 Å². The smallest absolute Gasteiger partial charge is 0.250 e. The molecule has 3 heteroatoms. The third-order valence-corrected chi connectivity index (χ3v) is 3.25. The van der Waals surface area contributed by atoms with E-state index in [2.05, 4.69) is 16.9 Å². The molecule has 0 spiro atoms. The molecule has 76 valence electrons. The molecule has 1 aliphatic carbocycles. The van der Waals surface area contributed by atoms with E-state index in [0.29, 0.717) is 0 Å². The Morgan fingerprint density at radius 1 is 1.36 bits per heavy atom. The van der Waals surface area contributed by atoms with Crippen LogP contribution in [-0.2, 0) is 5.41 Å². The standard InChI is InChI=1S/C11H16N2O/c1-11(5-3-2-4-6-11)9-7-10(14)13-8-12-9/h7-8H,2-6H2,1H3,(H,12,13,14). The Kier molecular flexibility index (Phi) is 2.40. The Balaban J connectivity index is 2.32. The first-order chi connectivity index (χ1) is 6.71. The van der Waals surface area contributed by atoms with Gasteiger partial charge in [0.15, 0.2) is 0 Å². The van der Waals surface area contributed by atoms with Gasteiger partial charge in [-0.1, -0.05) is 26.2 Å². The maximum atomic E-state index is 11.2. The lowest BCUT2D eigenvalue weighted by molar-refractivity contribution is 0.311. The zero-order valence-corrected chi connectivity index (χ0v) is 8.55. The van der Waals surface area contributed by atoms with Crippen molar-refractivity contribution >= 4 is 0 Å². The summed E-state index contributed by atoms with van der Waals surface area (Å²) in [5, 5.41) is 0. The van der Waals surface area contributed by atoms with Crippen LogP contribution in [0, 0.1) is 0 Å². The van der Waals surface area contributed by atoms with E-state index in [1.54, 1.807) is 6.07 Å². The van der Waals surface area contributed by atoms with Crippen molar-refractivity contribution in [2.75, 3.05) is 0 Å². The lowest BCUT2D eigenvalue weighted by Crippen LogP contribution is -2.28. The zero-order chi connectivity index (χ0) is 10.0. The summed E-state index contributed by atoms with van der Waals surface area (Å²) in [6.07, 6.45) is 7.65. The van der Waals surface area contributed by atoms with E-state index in [1.807, 2.05) is 0 Å². The molecule has 0 atom stereocenters. The topological polar surface area (TPSA) is 45.8 Å². The first-order valence-electron chi connectivity index (χ1n) is 5.26. The fraction of sp³-hybridized carbons (Fsp3) is 0.636. The van der Waals surface area contributed by atoms with E-state index < -0.39 is 0 Å². The van der Waals surface area contributed by atoms with Crippen molar-refractivity contribution in [2.24, 2.45) is 0 Å². The SMILES string of the molecule is CC1(c2cc(=O)[nH]cn2)CCCCC1. The Hall–Kier alpha value is -1.12. The number of hydrogen-bond donors (Lipinski definition) is 1. The molecule has 1 fully saturated rings. The summed E-state index contributed by atoms with van der Waals surface area (Å²) in [4.78, 5) is 18.0. The first kappa shape index (κ1) is 9.44. The van der Waals surface area contributed by atoms with Crippen LogP contribution >= 0.6 is 0 Å². The summed E-state index contributed by atoms with van der Waals surface area (Å²) < 4.78 is 0. The highest BCUT2D eigenvalue weighted by Gasteiger charge is 2.30. The summed E-state index contributed by atoms with van der Waals surface area (Å²) in [6, 6.07) is 1.64. The normalized spacial score (nSPS) is 20.6. The van der Waals surface area contributed by atoms with Crippen LogP contribution in [-0.4, -0.2) is 9.97 Å². The molecule has 0 radical (unpaired) electrons. The van der Waals surface area contributed by atoms with Gasteiger partial charge in [0.2, 0.25) is 0 Å². The van der Waals surface area contributed by atoms with Gasteiger partial charge in [0.25, 0.3) is 5.56 Å². The maximum Gasteiger partial charge on any atom is 0.250 e. The number of aromatic nitrogens is 2. The number of nitrogens with zero attached hydrogens (tertiary/aromatic N) is 1. The number of rotatable bonds is 1. The Morgan fingerprint density at radius 3 is 2.71 bits per heavy atom. The van der Waals surface area contributed by atoms with Crippen LogP contribution in [0.2, 0.25) is 0 Å². The van der Waals surface area contributed by atoms with Crippen molar-refractivity contribution in [2.45, 2.75) is 44.4 Å². The number of nitrogens with one attached hydrogen (secondary N) is 1. The largest absolute Gasteiger partial charge is 0.313 e. The predicted octanol–water partition coefficient (Wildman–Crippen LogP) is 1.99. The van der Waals surface area contributed by atoms with E-state index in [0.717, 1.165) is 18.5 Å². The average Bonchev–Trinajstić information content (AvgIpc) is 2.19. The monoisotopic (exact) mass is 192 g/mol. The van der Waals surface area contributed by atoms with Crippen LogP contribution in [0.1, 0.15) is 44.7 Å². The Labute approximate surface area is 83.6 Å². The second-order valence-electron chi connectivity index (χ2n) is 4.42. The molecule has 1 aliphatic rings.